The maximum absolute atomic E-state index is 13.2. The lowest BCUT2D eigenvalue weighted by Gasteiger charge is -2.33. The van der Waals surface area contributed by atoms with Gasteiger partial charge in [-0.2, -0.15) is 13.1 Å². The Labute approximate surface area is 195 Å². The minimum absolute atomic E-state index is 0.155. The quantitative estimate of drug-likeness (QED) is 0.522. The summed E-state index contributed by atoms with van der Waals surface area (Å²) in [5, 5.41) is 0. The number of ether oxygens (including phenoxy) is 2. The van der Waals surface area contributed by atoms with Crippen molar-refractivity contribution in [1.29, 1.82) is 0 Å². The molecule has 0 N–H and O–H groups in total. The van der Waals surface area contributed by atoms with Crippen molar-refractivity contribution in [3.8, 4) is 11.5 Å². The third-order valence-corrected chi connectivity index (χ3v) is 8.08. The third kappa shape index (κ3) is 4.43. The number of nitrogens with zero attached hydrogens (tertiary/aromatic N) is 4. The second kappa shape index (κ2) is 9.08. The SMILES string of the molecule is O=C(/C=C/c1ccc2c(c1)OCCCO2)N1CCN(S(=O)(=O)c2cccc3nsnc23)CC1. The molecule has 9 nitrogen and oxygen atoms in total. The van der Waals surface area contributed by atoms with Crippen LogP contribution in [0.5, 0.6) is 11.5 Å². The van der Waals surface area contributed by atoms with Crippen molar-refractivity contribution in [3.63, 3.8) is 0 Å². The number of carbonyl (C=O) groups excluding carboxylic acids is 1. The fourth-order valence-electron chi connectivity index (χ4n) is 3.83. The van der Waals surface area contributed by atoms with Crippen molar-refractivity contribution in [3.05, 3.63) is 48.0 Å². The number of amides is 1. The van der Waals surface area contributed by atoms with Crippen LogP contribution in [0.2, 0.25) is 0 Å². The summed E-state index contributed by atoms with van der Waals surface area (Å²) in [6.07, 6.45) is 4.07. The Bertz CT molecular complexity index is 1310. The maximum atomic E-state index is 13.2. The molecule has 1 fully saturated rings. The standard InChI is InChI=1S/C22H22N4O5S2/c27-21(8-6-16-5-7-18-19(15-16)31-14-2-13-30-18)25-9-11-26(12-10-25)33(28,29)20-4-1-3-17-22(20)24-32-23-17/h1,3-8,15H,2,9-14H2/b8-6+. The Balaban J connectivity index is 1.23. The van der Waals surface area contributed by atoms with E-state index >= 15 is 0 Å². The lowest BCUT2D eigenvalue weighted by Crippen LogP contribution is -2.50. The number of sulfonamides is 1. The van der Waals surface area contributed by atoms with Crippen LogP contribution in [0.4, 0.5) is 0 Å². The van der Waals surface area contributed by atoms with Crippen molar-refractivity contribution in [2.45, 2.75) is 11.3 Å². The van der Waals surface area contributed by atoms with Gasteiger partial charge < -0.3 is 14.4 Å². The van der Waals surface area contributed by atoms with Gasteiger partial charge >= 0.3 is 0 Å². The molecule has 0 spiro atoms. The zero-order chi connectivity index (χ0) is 22.8. The Hall–Kier alpha value is -3.02. The highest BCUT2D eigenvalue weighted by molar-refractivity contribution is 7.89. The van der Waals surface area contributed by atoms with E-state index in [9.17, 15) is 13.2 Å². The number of piperazine rings is 1. The maximum Gasteiger partial charge on any atom is 0.246 e. The first-order valence-electron chi connectivity index (χ1n) is 10.6. The second-order valence-electron chi connectivity index (χ2n) is 7.71. The largest absolute Gasteiger partial charge is 0.490 e. The van der Waals surface area contributed by atoms with E-state index in [1.165, 1.54) is 10.4 Å². The minimum atomic E-state index is -3.72. The van der Waals surface area contributed by atoms with Gasteiger partial charge in [0.2, 0.25) is 15.9 Å². The number of hydrogen-bond acceptors (Lipinski definition) is 8. The first-order valence-corrected chi connectivity index (χ1v) is 12.8. The zero-order valence-corrected chi connectivity index (χ0v) is 19.3. The first kappa shape index (κ1) is 21.8. The van der Waals surface area contributed by atoms with Crippen LogP contribution in [0.3, 0.4) is 0 Å². The topological polar surface area (TPSA) is 102 Å². The molecule has 1 aromatic heterocycles. The molecule has 0 unspecified atom stereocenters. The van der Waals surface area contributed by atoms with Crippen LogP contribution in [0, 0.1) is 0 Å². The van der Waals surface area contributed by atoms with Crippen LogP contribution in [0.1, 0.15) is 12.0 Å². The molecule has 0 saturated carbocycles. The number of carbonyl (C=O) groups is 1. The second-order valence-corrected chi connectivity index (χ2v) is 10.1. The summed E-state index contributed by atoms with van der Waals surface area (Å²) in [5.74, 6) is 1.22. The van der Waals surface area contributed by atoms with E-state index in [0.29, 0.717) is 48.8 Å². The normalized spacial score (nSPS) is 17.4. The van der Waals surface area contributed by atoms with E-state index in [-0.39, 0.29) is 23.9 Å². The van der Waals surface area contributed by atoms with Crippen LogP contribution in [0.15, 0.2) is 47.4 Å². The van der Waals surface area contributed by atoms with E-state index in [0.717, 1.165) is 23.7 Å². The molecule has 2 aliphatic heterocycles. The average molecular weight is 487 g/mol. The van der Waals surface area contributed by atoms with E-state index in [1.807, 2.05) is 18.2 Å². The number of hydrogen-bond donors (Lipinski definition) is 0. The highest BCUT2D eigenvalue weighted by Gasteiger charge is 2.31. The highest BCUT2D eigenvalue weighted by atomic mass is 32.2. The predicted octanol–water partition coefficient (Wildman–Crippen LogP) is 2.40. The van der Waals surface area contributed by atoms with Crippen molar-refractivity contribution in [2.75, 3.05) is 39.4 Å². The highest BCUT2D eigenvalue weighted by Crippen LogP contribution is 2.31. The molecule has 0 bridgehead atoms. The zero-order valence-electron chi connectivity index (χ0n) is 17.7. The van der Waals surface area contributed by atoms with Gasteiger partial charge in [0.05, 0.1) is 24.9 Å². The number of aromatic nitrogens is 2. The Morgan fingerprint density at radius 1 is 1.00 bits per heavy atom. The van der Waals surface area contributed by atoms with Gasteiger partial charge in [0.25, 0.3) is 0 Å². The fourth-order valence-corrected chi connectivity index (χ4v) is 6.01. The Morgan fingerprint density at radius 3 is 2.61 bits per heavy atom. The molecule has 0 atom stereocenters. The molecule has 11 heteroatoms. The van der Waals surface area contributed by atoms with Crippen LogP contribution in [0.25, 0.3) is 17.1 Å². The van der Waals surface area contributed by atoms with Gasteiger partial charge in [-0.15, -0.1) is 0 Å². The summed E-state index contributed by atoms with van der Waals surface area (Å²) in [7, 11) is -3.72. The number of rotatable bonds is 4. The van der Waals surface area contributed by atoms with Gasteiger partial charge in [0.15, 0.2) is 11.5 Å². The molecule has 5 rings (SSSR count). The van der Waals surface area contributed by atoms with Crippen molar-refractivity contribution in [1.82, 2.24) is 18.0 Å². The van der Waals surface area contributed by atoms with E-state index in [1.54, 1.807) is 29.2 Å². The van der Waals surface area contributed by atoms with Crippen molar-refractivity contribution >= 4 is 44.8 Å². The smallest absolute Gasteiger partial charge is 0.246 e. The molecule has 3 aromatic rings. The number of benzene rings is 2. The average Bonchev–Trinajstić information content (AvgIpc) is 3.20. The van der Waals surface area contributed by atoms with Gasteiger partial charge in [0.1, 0.15) is 15.9 Å². The molecular formula is C22H22N4O5S2. The molecule has 0 aliphatic carbocycles. The van der Waals surface area contributed by atoms with Gasteiger partial charge in [-0.3, -0.25) is 4.79 Å². The van der Waals surface area contributed by atoms with Crippen molar-refractivity contribution < 1.29 is 22.7 Å². The van der Waals surface area contributed by atoms with E-state index in [4.69, 9.17) is 9.47 Å². The Morgan fingerprint density at radius 2 is 1.79 bits per heavy atom. The van der Waals surface area contributed by atoms with Gasteiger partial charge in [-0.05, 0) is 35.9 Å². The summed E-state index contributed by atoms with van der Waals surface area (Å²) >= 11 is 0.988. The van der Waals surface area contributed by atoms with Crippen molar-refractivity contribution in [2.24, 2.45) is 0 Å². The lowest BCUT2D eigenvalue weighted by molar-refractivity contribution is -0.127. The Kier molecular flexibility index (Phi) is 6.00. The molecule has 2 aliphatic rings. The van der Waals surface area contributed by atoms with E-state index in [2.05, 4.69) is 8.75 Å². The molecule has 0 radical (unpaired) electrons. The van der Waals surface area contributed by atoms with Crippen LogP contribution >= 0.6 is 11.7 Å². The molecule has 3 heterocycles. The third-order valence-electron chi connectivity index (χ3n) is 5.61. The van der Waals surface area contributed by atoms with Gasteiger partial charge in [-0.1, -0.05) is 12.1 Å². The summed E-state index contributed by atoms with van der Waals surface area (Å²) < 4.78 is 47.3. The van der Waals surface area contributed by atoms with Crippen LogP contribution < -0.4 is 9.47 Å². The summed E-state index contributed by atoms with van der Waals surface area (Å²) in [5.41, 5.74) is 1.78. The molecule has 2 aromatic carbocycles. The summed E-state index contributed by atoms with van der Waals surface area (Å²) in [6, 6.07) is 10.5. The monoisotopic (exact) mass is 486 g/mol. The summed E-state index contributed by atoms with van der Waals surface area (Å²) in [4.78, 5) is 14.5. The van der Waals surface area contributed by atoms with Gasteiger partial charge in [-0.25, -0.2) is 8.42 Å². The fraction of sp³-hybridized carbons (Fsp3) is 0.318. The molecule has 172 valence electrons. The van der Waals surface area contributed by atoms with E-state index < -0.39 is 10.0 Å². The molecule has 1 saturated heterocycles. The predicted molar refractivity (Wildman–Crippen MR) is 124 cm³/mol. The molecular weight excluding hydrogens is 464 g/mol. The lowest BCUT2D eigenvalue weighted by atomic mass is 10.2. The number of fused-ring (bicyclic) bond motifs is 2. The summed E-state index contributed by atoms with van der Waals surface area (Å²) in [6.45, 7) is 2.29. The minimum Gasteiger partial charge on any atom is -0.490 e. The molecule has 33 heavy (non-hydrogen) atoms. The molecule has 1 amide bonds. The van der Waals surface area contributed by atoms with Gasteiger partial charge in [0, 0.05) is 38.7 Å². The van der Waals surface area contributed by atoms with Crippen LogP contribution in [-0.4, -0.2) is 71.7 Å². The van der Waals surface area contributed by atoms with Crippen LogP contribution in [-0.2, 0) is 14.8 Å². The first-order chi connectivity index (χ1) is 16.0.